The zero-order valence-electron chi connectivity index (χ0n) is 14.8. The molecule has 5 fully saturated rings. The number of pyridine rings is 1. The predicted molar refractivity (Wildman–Crippen MR) is 95.7 cm³/mol. The van der Waals surface area contributed by atoms with Crippen LogP contribution in [0.25, 0.3) is 11.2 Å². The first-order valence-electron chi connectivity index (χ1n) is 9.90. The average Bonchev–Trinajstić information content (AvgIpc) is 3.30. The van der Waals surface area contributed by atoms with Crippen LogP contribution in [0.4, 0.5) is 0 Å². The van der Waals surface area contributed by atoms with Crippen molar-refractivity contribution in [3.63, 3.8) is 0 Å². The molecule has 5 aliphatic carbocycles. The van der Waals surface area contributed by atoms with Crippen LogP contribution >= 0.6 is 0 Å². The van der Waals surface area contributed by atoms with Gasteiger partial charge in [-0.15, -0.1) is 0 Å². The van der Waals surface area contributed by atoms with Crippen LogP contribution in [-0.2, 0) is 0 Å². The highest BCUT2D eigenvalue weighted by molar-refractivity contribution is 6.04. The van der Waals surface area contributed by atoms with Crippen LogP contribution in [0.5, 0.6) is 0 Å². The molecular formula is C20H24N4O2. The van der Waals surface area contributed by atoms with E-state index >= 15 is 0 Å². The van der Waals surface area contributed by atoms with E-state index in [1.807, 2.05) is 0 Å². The van der Waals surface area contributed by atoms with Gasteiger partial charge in [-0.1, -0.05) is 0 Å². The maximum atomic E-state index is 13.2. The van der Waals surface area contributed by atoms with Crippen LogP contribution in [0.3, 0.4) is 0 Å². The summed E-state index contributed by atoms with van der Waals surface area (Å²) in [5.41, 5.74) is 1.18. The third-order valence-corrected chi connectivity index (χ3v) is 7.03. The summed E-state index contributed by atoms with van der Waals surface area (Å²) in [5.74, 6) is 2.49. The van der Waals surface area contributed by atoms with Crippen molar-refractivity contribution in [2.75, 3.05) is 0 Å². The second kappa shape index (κ2) is 4.85. The van der Waals surface area contributed by atoms with Crippen LogP contribution < -0.4 is 5.32 Å². The molecule has 4 bridgehead atoms. The van der Waals surface area contributed by atoms with E-state index in [4.69, 9.17) is 0 Å². The van der Waals surface area contributed by atoms with Gasteiger partial charge in [0.05, 0.1) is 16.7 Å². The second-order valence-electron chi connectivity index (χ2n) is 9.37. The Morgan fingerprint density at radius 1 is 1.23 bits per heavy atom. The lowest BCUT2D eigenvalue weighted by molar-refractivity contribution is -0.139. The molecule has 2 aromatic heterocycles. The molecule has 5 saturated carbocycles. The fourth-order valence-corrected chi connectivity index (χ4v) is 6.34. The Labute approximate surface area is 151 Å². The first-order chi connectivity index (χ1) is 12.5. The highest BCUT2D eigenvalue weighted by Crippen LogP contribution is 2.57. The molecule has 7 rings (SSSR count). The monoisotopic (exact) mass is 352 g/mol. The number of aromatic amines is 1. The van der Waals surface area contributed by atoms with Gasteiger partial charge in [-0.2, -0.15) is 0 Å². The van der Waals surface area contributed by atoms with Gasteiger partial charge in [0, 0.05) is 17.7 Å². The summed E-state index contributed by atoms with van der Waals surface area (Å²) < 4.78 is 0. The lowest BCUT2D eigenvalue weighted by atomic mass is 9.51. The first kappa shape index (κ1) is 15.1. The Kier molecular flexibility index (Phi) is 2.83. The lowest BCUT2D eigenvalue weighted by Crippen LogP contribution is -2.65. The largest absolute Gasteiger partial charge is 0.390 e. The van der Waals surface area contributed by atoms with Gasteiger partial charge in [0.2, 0.25) is 0 Å². The first-order valence-corrected chi connectivity index (χ1v) is 9.90. The van der Waals surface area contributed by atoms with Crippen LogP contribution in [0.15, 0.2) is 12.3 Å². The second-order valence-corrected chi connectivity index (χ2v) is 9.37. The molecule has 2 aromatic rings. The number of hydrogen-bond donors (Lipinski definition) is 3. The summed E-state index contributed by atoms with van der Waals surface area (Å²) >= 11 is 0. The van der Waals surface area contributed by atoms with Gasteiger partial charge in [-0.05, 0) is 69.3 Å². The van der Waals surface area contributed by atoms with E-state index in [-0.39, 0.29) is 11.4 Å². The summed E-state index contributed by atoms with van der Waals surface area (Å²) in [6.07, 6.45) is 9.72. The molecule has 2 unspecified atom stereocenters. The molecule has 2 atom stereocenters. The molecule has 5 aliphatic rings. The zero-order chi connectivity index (χ0) is 17.5. The van der Waals surface area contributed by atoms with Crippen LogP contribution in [0, 0.1) is 11.8 Å². The number of nitrogens with zero attached hydrogens (tertiary/aromatic N) is 2. The Bertz CT molecular complexity index is 902. The molecule has 1 amide bonds. The lowest BCUT2D eigenvalue weighted by Gasteiger charge is -2.60. The predicted octanol–water partition coefficient (Wildman–Crippen LogP) is 2.65. The molecule has 3 N–H and O–H groups in total. The van der Waals surface area contributed by atoms with Gasteiger partial charge in [-0.25, -0.2) is 9.97 Å². The summed E-state index contributed by atoms with van der Waals surface area (Å²) in [4.78, 5) is 25.4. The maximum Gasteiger partial charge on any atom is 0.254 e. The maximum absolute atomic E-state index is 13.2. The fourth-order valence-electron chi connectivity index (χ4n) is 6.34. The van der Waals surface area contributed by atoms with E-state index in [2.05, 4.69) is 20.3 Å². The number of carbonyl (C=O) groups excluding carboxylic acids is 1. The standard InChI is InChI=1S/C20H24N4O2/c25-18(14-3-4-21-17-15(14)22-16(23-17)13-1-2-13)24-19-6-11-5-12(7-19)9-20(26,8-11)10-19/h3-4,11-13,26H,1-2,5-10H2,(H,24,25)(H,21,22,23). The van der Waals surface area contributed by atoms with E-state index in [1.54, 1.807) is 12.3 Å². The van der Waals surface area contributed by atoms with E-state index in [0.29, 0.717) is 35.4 Å². The Balaban J connectivity index is 1.33. The number of rotatable bonds is 3. The highest BCUT2D eigenvalue weighted by Gasteiger charge is 2.57. The third kappa shape index (κ3) is 2.24. The van der Waals surface area contributed by atoms with E-state index in [1.165, 1.54) is 6.42 Å². The van der Waals surface area contributed by atoms with E-state index < -0.39 is 5.60 Å². The molecule has 6 nitrogen and oxygen atoms in total. The van der Waals surface area contributed by atoms with Gasteiger partial charge in [0.25, 0.3) is 5.91 Å². The van der Waals surface area contributed by atoms with Crippen molar-refractivity contribution in [1.29, 1.82) is 0 Å². The van der Waals surface area contributed by atoms with E-state index in [9.17, 15) is 9.90 Å². The van der Waals surface area contributed by atoms with Crippen molar-refractivity contribution < 1.29 is 9.90 Å². The normalized spacial score (nSPS) is 38.0. The number of fused-ring (bicyclic) bond motifs is 1. The van der Waals surface area contributed by atoms with Crippen LogP contribution in [-0.4, -0.2) is 37.1 Å². The molecule has 0 radical (unpaired) electrons. The SMILES string of the molecule is O=C(NC12CC3CC(CC(O)(C3)C1)C2)c1ccnc2nc(C3CC3)[nH]c12. The zero-order valence-corrected chi connectivity index (χ0v) is 14.8. The van der Waals surface area contributed by atoms with Gasteiger partial charge in [0.15, 0.2) is 5.65 Å². The van der Waals surface area contributed by atoms with Crippen molar-refractivity contribution in [3.8, 4) is 0 Å². The van der Waals surface area contributed by atoms with Crippen molar-refractivity contribution in [2.24, 2.45) is 11.8 Å². The summed E-state index contributed by atoms with van der Waals surface area (Å²) in [6.45, 7) is 0. The molecule has 0 aromatic carbocycles. The molecule has 136 valence electrons. The number of aromatic nitrogens is 3. The van der Waals surface area contributed by atoms with Gasteiger partial charge in [0.1, 0.15) is 5.82 Å². The van der Waals surface area contributed by atoms with Crippen molar-refractivity contribution >= 4 is 17.1 Å². The molecule has 6 heteroatoms. The number of aliphatic hydroxyl groups is 1. The topological polar surface area (TPSA) is 90.9 Å². The number of imidazole rings is 1. The van der Waals surface area contributed by atoms with Gasteiger partial charge in [-0.3, -0.25) is 4.79 Å². The van der Waals surface area contributed by atoms with Gasteiger partial charge >= 0.3 is 0 Å². The Hall–Kier alpha value is -1.95. The third-order valence-electron chi connectivity index (χ3n) is 7.03. The van der Waals surface area contributed by atoms with Crippen molar-refractivity contribution in [2.45, 2.75) is 68.4 Å². The van der Waals surface area contributed by atoms with Gasteiger partial charge < -0.3 is 15.4 Å². The van der Waals surface area contributed by atoms with Crippen molar-refractivity contribution in [1.82, 2.24) is 20.3 Å². The number of hydrogen-bond acceptors (Lipinski definition) is 4. The summed E-state index contributed by atoms with van der Waals surface area (Å²) in [6, 6.07) is 1.78. The summed E-state index contributed by atoms with van der Waals surface area (Å²) in [5, 5.41) is 14.3. The minimum Gasteiger partial charge on any atom is -0.390 e. The smallest absolute Gasteiger partial charge is 0.254 e. The minimum absolute atomic E-state index is 0.0612. The quantitative estimate of drug-likeness (QED) is 0.792. The average molecular weight is 352 g/mol. The molecule has 0 saturated heterocycles. The molecule has 0 aliphatic heterocycles. The Morgan fingerprint density at radius 3 is 2.69 bits per heavy atom. The fraction of sp³-hybridized carbons (Fsp3) is 0.650. The van der Waals surface area contributed by atoms with Crippen molar-refractivity contribution in [3.05, 3.63) is 23.7 Å². The van der Waals surface area contributed by atoms with Crippen LogP contribution in [0.1, 0.15) is 73.5 Å². The Morgan fingerprint density at radius 2 is 2.00 bits per heavy atom. The number of carbonyl (C=O) groups is 1. The molecule has 26 heavy (non-hydrogen) atoms. The minimum atomic E-state index is -0.571. The molecular weight excluding hydrogens is 328 g/mol. The van der Waals surface area contributed by atoms with E-state index in [0.717, 1.165) is 49.9 Å². The summed E-state index contributed by atoms with van der Waals surface area (Å²) in [7, 11) is 0. The van der Waals surface area contributed by atoms with Crippen LogP contribution in [0.2, 0.25) is 0 Å². The number of H-pyrrole nitrogens is 1. The number of nitrogens with one attached hydrogen (secondary N) is 2. The highest BCUT2D eigenvalue weighted by atomic mass is 16.3. The number of amides is 1. The molecule has 2 heterocycles. The molecule has 0 spiro atoms.